The van der Waals surface area contributed by atoms with Gasteiger partial charge in [0.1, 0.15) is 0 Å². The Morgan fingerprint density at radius 2 is 1.96 bits per heavy atom. The monoisotopic (exact) mass is 372 g/mol. The van der Waals surface area contributed by atoms with Gasteiger partial charge >= 0.3 is 0 Å². The molecule has 2 aromatic rings. The van der Waals surface area contributed by atoms with Crippen LogP contribution in [0.4, 0.5) is 17.2 Å². The number of aromatic nitrogens is 1. The average Bonchev–Trinajstić information content (AvgIpc) is 3.17. The van der Waals surface area contributed by atoms with Crippen molar-refractivity contribution >= 4 is 34.9 Å². The van der Waals surface area contributed by atoms with Crippen LogP contribution in [0.3, 0.4) is 0 Å². The van der Waals surface area contributed by atoms with Crippen LogP contribution in [0.5, 0.6) is 0 Å². The molecule has 7 nitrogen and oxygen atoms in total. The van der Waals surface area contributed by atoms with Crippen LogP contribution in [0.2, 0.25) is 0 Å². The highest BCUT2D eigenvalue weighted by molar-refractivity contribution is 8.00. The third-order valence-electron chi connectivity index (χ3n) is 4.18. The minimum Gasteiger partial charge on any atom is -0.355 e. The summed E-state index contributed by atoms with van der Waals surface area (Å²) in [7, 11) is 0. The standard InChI is InChI=1S/C18H20N4O3S/c1-13(26-15-8-6-14(7-9-15)22(24)25)18(23)20-16-5-4-10-19-17(16)21-11-2-3-12-21/h4-10,13H,2-3,11-12H2,1H3,(H,20,23)/t13-/m1/s1. The Kier molecular flexibility index (Phi) is 5.72. The number of non-ortho nitro benzene ring substituents is 1. The van der Waals surface area contributed by atoms with E-state index in [1.54, 1.807) is 18.3 Å². The quantitative estimate of drug-likeness (QED) is 0.472. The molecule has 2 heterocycles. The molecule has 1 aliphatic rings. The number of anilines is 2. The number of nitrogens with one attached hydrogen (secondary N) is 1. The van der Waals surface area contributed by atoms with Crippen molar-refractivity contribution in [2.24, 2.45) is 0 Å². The lowest BCUT2D eigenvalue weighted by Crippen LogP contribution is -2.26. The SMILES string of the molecule is C[C@@H](Sc1ccc([N+](=O)[O-])cc1)C(=O)Nc1cccnc1N1CCCC1. The molecule has 1 saturated heterocycles. The van der Waals surface area contributed by atoms with Gasteiger partial charge in [-0.3, -0.25) is 14.9 Å². The lowest BCUT2D eigenvalue weighted by molar-refractivity contribution is -0.384. The summed E-state index contributed by atoms with van der Waals surface area (Å²) in [6.07, 6.45) is 4.01. The number of amides is 1. The van der Waals surface area contributed by atoms with Crippen molar-refractivity contribution in [3.05, 3.63) is 52.7 Å². The summed E-state index contributed by atoms with van der Waals surface area (Å²) in [5.74, 6) is 0.688. The fraction of sp³-hybridized carbons (Fsp3) is 0.333. The zero-order valence-electron chi connectivity index (χ0n) is 14.4. The minimum absolute atomic E-state index is 0.0390. The second-order valence-electron chi connectivity index (χ2n) is 6.07. The number of carbonyl (C=O) groups is 1. The molecule has 26 heavy (non-hydrogen) atoms. The predicted molar refractivity (Wildman–Crippen MR) is 103 cm³/mol. The molecule has 1 fully saturated rings. The van der Waals surface area contributed by atoms with Gasteiger partial charge in [0, 0.05) is 36.3 Å². The first-order valence-electron chi connectivity index (χ1n) is 8.46. The van der Waals surface area contributed by atoms with Crippen molar-refractivity contribution in [2.45, 2.75) is 29.9 Å². The molecule has 1 atom stereocenters. The predicted octanol–water partition coefficient (Wildman–Crippen LogP) is 3.71. The summed E-state index contributed by atoms with van der Waals surface area (Å²) < 4.78 is 0. The first-order chi connectivity index (χ1) is 12.5. The fourth-order valence-electron chi connectivity index (χ4n) is 2.81. The van der Waals surface area contributed by atoms with Gasteiger partial charge in [-0.15, -0.1) is 11.8 Å². The summed E-state index contributed by atoms with van der Waals surface area (Å²) in [5.41, 5.74) is 0.757. The van der Waals surface area contributed by atoms with Gasteiger partial charge < -0.3 is 10.2 Å². The van der Waals surface area contributed by atoms with Gasteiger partial charge in [-0.2, -0.15) is 0 Å². The minimum atomic E-state index is -0.438. The normalized spacial score (nSPS) is 14.9. The Morgan fingerprint density at radius 3 is 2.62 bits per heavy atom. The van der Waals surface area contributed by atoms with Gasteiger partial charge in [-0.1, -0.05) is 0 Å². The second kappa shape index (κ2) is 8.18. The van der Waals surface area contributed by atoms with Gasteiger partial charge in [0.25, 0.3) is 5.69 Å². The third-order valence-corrected chi connectivity index (χ3v) is 5.29. The molecule has 1 N–H and O–H groups in total. The Bertz CT molecular complexity index is 791. The number of pyridine rings is 1. The Hall–Kier alpha value is -2.61. The molecular weight excluding hydrogens is 352 g/mol. The van der Waals surface area contributed by atoms with E-state index in [1.807, 2.05) is 19.1 Å². The van der Waals surface area contributed by atoms with Gasteiger partial charge in [0.15, 0.2) is 5.82 Å². The number of hydrogen-bond donors (Lipinski definition) is 1. The highest BCUT2D eigenvalue weighted by Crippen LogP contribution is 2.29. The third kappa shape index (κ3) is 4.32. The number of nitro groups is 1. The van der Waals surface area contributed by atoms with Crippen LogP contribution < -0.4 is 10.2 Å². The highest BCUT2D eigenvalue weighted by Gasteiger charge is 2.20. The van der Waals surface area contributed by atoms with Crippen LogP contribution in [0.25, 0.3) is 0 Å². The lowest BCUT2D eigenvalue weighted by atomic mass is 10.3. The summed E-state index contributed by atoms with van der Waals surface area (Å²) in [4.78, 5) is 30.3. The Labute approximate surface area is 156 Å². The maximum absolute atomic E-state index is 12.6. The van der Waals surface area contributed by atoms with Crippen molar-refractivity contribution in [1.82, 2.24) is 4.98 Å². The molecule has 0 saturated carbocycles. The number of benzene rings is 1. The molecule has 0 spiro atoms. The average molecular weight is 372 g/mol. The zero-order chi connectivity index (χ0) is 18.5. The van der Waals surface area contributed by atoms with Crippen molar-refractivity contribution in [3.8, 4) is 0 Å². The number of nitro benzene ring substituents is 1. The van der Waals surface area contributed by atoms with E-state index in [0.717, 1.165) is 42.3 Å². The van der Waals surface area contributed by atoms with Gasteiger partial charge in [-0.05, 0) is 44.0 Å². The van der Waals surface area contributed by atoms with E-state index in [0.29, 0.717) is 0 Å². The van der Waals surface area contributed by atoms with Crippen LogP contribution in [0.1, 0.15) is 19.8 Å². The summed E-state index contributed by atoms with van der Waals surface area (Å²) in [6, 6.07) is 9.88. The number of carbonyl (C=O) groups excluding carboxylic acids is 1. The van der Waals surface area contributed by atoms with E-state index in [4.69, 9.17) is 0 Å². The molecule has 136 valence electrons. The van der Waals surface area contributed by atoms with Crippen LogP contribution in [-0.2, 0) is 4.79 Å². The van der Waals surface area contributed by atoms with E-state index in [1.165, 1.54) is 23.9 Å². The van der Waals surface area contributed by atoms with Gasteiger partial charge in [0.2, 0.25) is 5.91 Å². The van der Waals surface area contributed by atoms with Crippen LogP contribution >= 0.6 is 11.8 Å². The van der Waals surface area contributed by atoms with E-state index in [-0.39, 0.29) is 16.8 Å². The van der Waals surface area contributed by atoms with Gasteiger partial charge in [-0.25, -0.2) is 4.98 Å². The molecule has 1 amide bonds. The van der Waals surface area contributed by atoms with Crippen LogP contribution in [0, 0.1) is 10.1 Å². The molecule has 0 unspecified atom stereocenters. The molecule has 3 rings (SSSR count). The van der Waals surface area contributed by atoms with E-state index in [9.17, 15) is 14.9 Å². The fourth-order valence-corrected chi connectivity index (χ4v) is 3.68. The van der Waals surface area contributed by atoms with E-state index >= 15 is 0 Å². The molecule has 1 aliphatic heterocycles. The van der Waals surface area contributed by atoms with Crippen LogP contribution in [-0.4, -0.2) is 34.2 Å². The number of nitrogens with zero attached hydrogens (tertiary/aromatic N) is 3. The lowest BCUT2D eigenvalue weighted by Gasteiger charge is -2.21. The molecule has 0 aliphatic carbocycles. The second-order valence-corrected chi connectivity index (χ2v) is 7.48. The number of rotatable bonds is 6. The largest absolute Gasteiger partial charge is 0.355 e. The van der Waals surface area contributed by atoms with Gasteiger partial charge in [0.05, 0.1) is 15.9 Å². The smallest absolute Gasteiger partial charge is 0.269 e. The van der Waals surface area contributed by atoms with E-state index in [2.05, 4.69) is 15.2 Å². The maximum Gasteiger partial charge on any atom is 0.269 e. The molecule has 0 bridgehead atoms. The zero-order valence-corrected chi connectivity index (χ0v) is 15.2. The Morgan fingerprint density at radius 1 is 1.27 bits per heavy atom. The molecule has 1 aromatic carbocycles. The van der Waals surface area contributed by atoms with Crippen molar-refractivity contribution < 1.29 is 9.72 Å². The first kappa shape index (κ1) is 18.2. The summed E-state index contributed by atoms with van der Waals surface area (Å²) in [5, 5.41) is 13.3. The first-order valence-corrected chi connectivity index (χ1v) is 9.34. The Balaban J connectivity index is 1.65. The highest BCUT2D eigenvalue weighted by atomic mass is 32.2. The van der Waals surface area contributed by atoms with E-state index < -0.39 is 4.92 Å². The summed E-state index contributed by atoms with van der Waals surface area (Å²) in [6.45, 7) is 3.72. The number of thioether (sulfide) groups is 1. The summed E-state index contributed by atoms with van der Waals surface area (Å²) >= 11 is 1.36. The number of hydrogen-bond acceptors (Lipinski definition) is 6. The van der Waals surface area contributed by atoms with Crippen LogP contribution in [0.15, 0.2) is 47.5 Å². The molecule has 8 heteroatoms. The molecular formula is C18H20N4O3S. The maximum atomic E-state index is 12.6. The molecule has 1 aromatic heterocycles. The topological polar surface area (TPSA) is 88.4 Å². The van der Waals surface area contributed by atoms with Crippen molar-refractivity contribution in [3.63, 3.8) is 0 Å². The van der Waals surface area contributed by atoms with Crippen molar-refractivity contribution in [1.29, 1.82) is 0 Å². The molecule has 0 radical (unpaired) electrons. The van der Waals surface area contributed by atoms with Crippen molar-refractivity contribution in [2.75, 3.05) is 23.3 Å².